The second kappa shape index (κ2) is 11.3. The van der Waals surface area contributed by atoms with Crippen LogP contribution < -0.4 is 5.73 Å². The van der Waals surface area contributed by atoms with Crippen LogP contribution in [0.3, 0.4) is 0 Å². The molecule has 3 aromatic rings. The summed E-state index contributed by atoms with van der Waals surface area (Å²) in [5, 5.41) is 0. The Bertz CT molecular complexity index is 1220. The molecule has 1 saturated heterocycles. The van der Waals surface area contributed by atoms with Crippen LogP contribution in [0.4, 0.5) is 0 Å². The van der Waals surface area contributed by atoms with Crippen molar-refractivity contribution < 1.29 is 18.8 Å². The summed E-state index contributed by atoms with van der Waals surface area (Å²) in [6, 6.07) is 15.1. The van der Waals surface area contributed by atoms with E-state index in [2.05, 4.69) is 6.92 Å². The van der Waals surface area contributed by atoms with E-state index in [1.807, 2.05) is 65.1 Å². The number of nitrogens with two attached hydrogens (primary N) is 1. The van der Waals surface area contributed by atoms with Crippen LogP contribution >= 0.6 is 0 Å². The predicted molar refractivity (Wildman–Crippen MR) is 136 cm³/mol. The average Bonchev–Trinajstić information content (AvgIpc) is 3.53. The third-order valence-electron chi connectivity index (χ3n) is 6.82. The molecule has 1 aromatic carbocycles. The lowest BCUT2D eigenvalue weighted by Crippen LogP contribution is -2.41. The number of hydrogen-bond acceptors (Lipinski definition) is 4. The van der Waals surface area contributed by atoms with E-state index in [0.717, 1.165) is 23.2 Å². The van der Waals surface area contributed by atoms with Crippen LogP contribution in [0.25, 0.3) is 0 Å². The first-order chi connectivity index (χ1) is 17.4. The minimum absolute atomic E-state index is 0.0219. The molecule has 8 heteroatoms. The van der Waals surface area contributed by atoms with Crippen molar-refractivity contribution >= 4 is 17.7 Å². The highest BCUT2D eigenvalue weighted by Crippen LogP contribution is 2.21. The van der Waals surface area contributed by atoms with Gasteiger partial charge in [0, 0.05) is 43.0 Å². The normalized spacial score (nSPS) is 14.1. The zero-order valence-corrected chi connectivity index (χ0v) is 21.0. The van der Waals surface area contributed by atoms with Crippen molar-refractivity contribution in [2.24, 2.45) is 11.7 Å². The number of rotatable bonds is 9. The van der Waals surface area contributed by atoms with Gasteiger partial charge in [-0.1, -0.05) is 25.1 Å². The highest BCUT2D eigenvalue weighted by Gasteiger charge is 2.28. The van der Waals surface area contributed by atoms with Crippen molar-refractivity contribution in [3.8, 4) is 0 Å². The molecule has 190 valence electrons. The summed E-state index contributed by atoms with van der Waals surface area (Å²) >= 11 is 0. The molecule has 4 rings (SSSR count). The maximum atomic E-state index is 13.3. The Morgan fingerprint density at radius 2 is 1.81 bits per heavy atom. The van der Waals surface area contributed by atoms with E-state index in [1.165, 1.54) is 0 Å². The Morgan fingerprint density at radius 1 is 1.06 bits per heavy atom. The summed E-state index contributed by atoms with van der Waals surface area (Å²) in [5.41, 5.74) is 8.07. The fourth-order valence-electron chi connectivity index (χ4n) is 4.72. The number of carbonyl (C=O) groups excluding carboxylic acids is 3. The molecule has 0 atom stereocenters. The molecule has 2 N–H and O–H groups in total. The molecule has 0 aliphatic carbocycles. The smallest absolute Gasteiger partial charge is 0.289 e. The number of primary amides is 1. The molecule has 0 bridgehead atoms. The van der Waals surface area contributed by atoms with Gasteiger partial charge >= 0.3 is 0 Å². The van der Waals surface area contributed by atoms with Crippen LogP contribution in [-0.4, -0.2) is 51.7 Å². The van der Waals surface area contributed by atoms with E-state index in [9.17, 15) is 14.4 Å². The van der Waals surface area contributed by atoms with Gasteiger partial charge in [0.2, 0.25) is 5.91 Å². The number of carbonyl (C=O) groups is 3. The summed E-state index contributed by atoms with van der Waals surface area (Å²) in [4.78, 5) is 41.1. The monoisotopic (exact) mass is 490 g/mol. The van der Waals surface area contributed by atoms with Gasteiger partial charge in [-0.15, -0.1) is 0 Å². The Kier molecular flexibility index (Phi) is 7.93. The van der Waals surface area contributed by atoms with Crippen molar-refractivity contribution in [2.45, 2.75) is 46.2 Å². The van der Waals surface area contributed by atoms with Gasteiger partial charge in [0.1, 0.15) is 5.76 Å². The van der Waals surface area contributed by atoms with Crippen LogP contribution in [0.5, 0.6) is 0 Å². The first-order valence-electron chi connectivity index (χ1n) is 12.5. The summed E-state index contributed by atoms with van der Waals surface area (Å²) < 4.78 is 7.94. The molecule has 0 unspecified atom stereocenters. The number of benzene rings is 1. The lowest BCUT2D eigenvalue weighted by Gasteiger charge is -2.29. The Morgan fingerprint density at radius 3 is 2.50 bits per heavy atom. The number of aryl methyl sites for hydroxylation is 1. The molecule has 1 aliphatic heterocycles. The molecule has 1 fully saturated rings. The summed E-state index contributed by atoms with van der Waals surface area (Å²) in [7, 11) is 0. The Balaban J connectivity index is 1.42. The molecule has 3 amide bonds. The third kappa shape index (κ3) is 5.70. The fourth-order valence-corrected chi connectivity index (χ4v) is 4.72. The summed E-state index contributed by atoms with van der Waals surface area (Å²) in [6.07, 6.45) is 3.97. The van der Waals surface area contributed by atoms with E-state index in [1.54, 1.807) is 11.0 Å². The Labute approximate surface area is 211 Å². The lowest BCUT2D eigenvalue weighted by molar-refractivity contribution is -0.123. The number of piperidine rings is 1. The second-order valence-corrected chi connectivity index (χ2v) is 9.40. The number of hydrogen-bond donors (Lipinski definition) is 1. The van der Waals surface area contributed by atoms with Crippen molar-refractivity contribution in [1.29, 1.82) is 0 Å². The van der Waals surface area contributed by atoms with Crippen molar-refractivity contribution in [3.63, 3.8) is 0 Å². The van der Waals surface area contributed by atoms with Gasteiger partial charge < -0.3 is 24.5 Å². The van der Waals surface area contributed by atoms with E-state index in [0.29, 0.717) is 57.1 Å². The molecule has 8 nitrogen and oxygen atoms in total. The summed E-state index contributed by atoms with van der Waals surface area (Å²) in [5.74, 6) is 0.332. The minimum atomic E-state index is -0.303. The van der Waals surface area contributed by atoms with Crippen LogP contribution in [0.15, 0.2) is 59.1 Å². The van der Waals surface area contributed by atoms with Crippen LogP contribution in [0, 0.1) is 12.8 Å². The van der Waals surface area contributed by atoms with Crippen LogP contribution in [-0.2, 0) is 17.9 Å². The predicted octanol–water partition coefficient (Wildman–Crippen LogP) is 3.83. The SMILES string of the molecule is CCCN(Cc1cccn1Cc1ccc(C(=O)N2CCC(C(N)=O)CC2)o1)C(=O)c1ccccc1C. The Hall–Kier alpha value is -3.81. The molecule has 2 aromatic heterocycles. The van der Waals surface area contributed by atoms with Gasteiger partial charge in [-0.25, -0.2) is 0 Å². The van der Waals surface area contributed by atoms with Gasteiger partial charge in [0.25, 0.3) is 11.8 Å². The van der Waals surface area contributed by atoms with E-state index in [-0.39, 0.29) is 23.6 Å². The largest absolute Gasteiger partial charge is 0.454 e. The first-order valence-corrected chi connectivity index (χ1v) is 12.5. The average molecular weight is 491 g/mol. The van der Waals surface area contributed by atoms with Crippen molar-refractivity contribution in [1.82, 2.24) is 14.4 Å². The van der Waals surface area contributed by atoms with Crippen LogP contribution in [0.1, 0.15) is 64.1 Å². The number of amides is 3. The standard InChI is InChI=1S/C28H34N4O4/c1-3-14-32(27(34)24-9-5-4-7-20(24)2)18-22-8-6-15-31(22)19-23-10-11-25(36-23)28(35)30-16-12-21(13-17-30)26(29)33/h4-11,15,21H,3,12-14,16-19H2,1-2H3,(H2,29,33). The van der Waals surface area contributed by atoms with Gasteiger partial charge in [0.05, 0.1) is 13.1 Å². The number of likely N-dealkylation sites (tertiary alicyclic amines) is 1. The molecular weight excluding hydrogens is 456 g/mol. The molecule has 1 aliphatic rings. The number of nitrogens with zero attached hydrogens (tertiary/aromatic N) is 3. The zero-order valence-electron chi connectivity index (χ0n) is 21.0. The molecule has 3 heterocycles. The minimum Gasteiger partial charge on any atom is -0.454 e. The zero-order chi connectivity index (χ0) is 25.7. The highest BCUT2D eigenvalue weighted by atomic mass is 16.4. The van der Waals surface area contributed by atoms with Gasteiger partial charge in [0.15, 0.2) is 5.76 Å². The molecule has 0 radical (unpaired) electrons. The van der Waals surface area contributed by atoms with E-state index in [4.69, 9.17) is 10.2 Å². The maximum absolute atomic E-state index is 13.3. The highest BCUT2D eigenvalue weighted by molar-refractivity contribution is 5.95. The molecule has 36 heavy (non-hydrogen) atoms. The van der Waals surface area contributed by atoms with Gasteiger partial charge in [-0.3, -0.25) is 14.4 Å². The molecule has 0 spiro atoms. The number of aromatic nitrogens is 1. The van der Waals surface area contributed by atoms with Crippen LogP contribution in [0.2, 0.25) is 0 Å². The molecule has 0 saturated carbocycles. The van der Waals surface area contributed by atoms with E-state index >= 15 is 0 Å². The quantitative estimate of drug-likeness (QED) is 0.492. The molecular formula is C28H34N4O4. The maximum Gasteiger partial charge on any atom is 0.289 e. The number of furan rings is 1. The third-order valence-corrected chi connectivity index (χ3v) is 6.82. The van der Waals surface area contributed by atoms with Crippen molar-refractivity contribution in [3.05, 3.63) is 83.1 Å². The lowest BCUT2D eigenvalue weighted by atomic mass is 9.96. The second-order valence-electron chi connectivity index (χ2n) is 9.40. The summed E-state index contributed by atoms with van der Waals surface area (Å²) in [6.45, 7) is 6.60. The fraction of sp³-hybridized carbons (Fsp3) is 0.393. The topological polar surface area (TPSA) is 102 Å². The first kappa shape index (κ1) is 25.3. The van der Waals surface area contributed by atoms with E-state index < -0.39 is 0 Å². The van der Waals surface area contributed by atoms with Gasteiger partial charge in [-0.05, 0) is 62.1 Å². The van der Waals surface area contributed by atoms with Crippen molar-refractivity contribution in [2.75, 3.05) is 19.6 Å². The van der Waals surface area contributed by atoms with Gasteiger partial charge in [-0.2, -0.15) is 0 Å².